The lowest BCUT2D eigenvalue weighted by Gasteiger charge is -2.24. The molecule has 0 amide bonds. The van der Waals surface area contributed by atoms with Crippen LogP contribution in [0.3, 0.4) is 0 Å². The van der Waals surface area contributed by atoms with Gasteiger partial charge in [0.05, 0.1) is 12.7 Å². The normalized spacial score (nSPS) is 14.1. The number of aryl methyl sites for hydroxylation is 1. The van der Waals surface area contributed by atoms with E-state index in [9.17, 15) is 5.26 Å². The smallest absolute Gasteiger partial charge is 0.186 e. The van der Waals surface area contributed by atoms with Crippen molar-refractivity contribution in [1.29, 1.82) is 5.26 Å². The van der Waals surface area contributed by atoms with Crippen LogP contribution in [0.5, 0.6) is 11.5 Å². The molecule has 1 aliphatic rings. The van der Waals surface area contributed by atoms with Gasteiger partial charge >= 0.3 is 0 Å². The van der Waals surface area contributed by atoms with Crippen molar-refractivity contribution in [2.75, 3.05) is 6.61 Å². The van der Waals surface area contributed by atoms with Crippen LogP contribution in [-0.4, -0.2) is 14.9 Å². The molecule has 5 heteroatoms. The van der Waals surface area contributed by atoms with Gasteiger partial charge in [0.25, 0.3) is 0 Å². The Morgan fingerprint density at radius 3 is 2.59 bits per heavy atom. The summed E-state index contributed by atoms with van der Waals surface area (Å²) in [5.74, 6) is 1.72. The summed E-state index contributed by atoms with van der Waals surface area (Å²) >= 11 is 0. The van der Waals surface area contributed by atoms with Gasteiger partial charge in [0, 0.05) is 5.56 Å². The van der Waals surface area contributed by atoms with E-state index in [1.54, 1.807) is 0 Å². The molecule has 0 saturated heterocycles. The molecule has 4 nitrogen and oxygen atoms in total. The molecule has 0 bridgehead atoms. The van der Waals surface area contributed by atoms with E-state index in [1.165, 1.54) is 5.56 Å². The number of nitriles is 1. The minimum atomic E-state index is -1.92. The maximum Gasteiger partial charge on any atom is 0.186 e. The Bertz CT molecular complexity index is 1120. The Morgan fingerprint density at radius 1 is 1.03 bits per heavy atom. The molecule has 0 radical (unpaired) electrons. The second-order valence-corrected chi connectivity index (χ2v) is 13.5. The van der Waals surface area contributed by atoms with E-state index in [0.29, 0.717) is 6.61 Å². The molecule has 0 aromatic heterocycles. The SMILES string of the molecule is C[Si](C)(C)OC(C#N)c1ccc(OCc2ccccc2)cc1-c1ccc2c(c1)CCCO2. The number of hydrogen-bond donors (Lipinski definition) is 0. The van der Waals surface area contributed by atoms with E-state index < -0.39 is 14.4 Å². The Hall–Kier alpha value is -3.07. The van der Waals surface area contributed by atoms with Gasteiger partial charge in [-0.15, -0.1) is 0 Å². The molecule has 4 rings (SSSR count). The minimum Gasteiger partial charge on any atom is -0.493 e. The third-order valence-electron chi connectivity index (χ3n) is 5.36. The second kappa shape index (κ2) is 9.60. The molecule has 1 unspecified atom stereocenters. The third kappa shape index (κ3) is 5.39. The molecule has 3 aromatic carbocycles. The number of ether oxygens (including phenoxy) is 2. The van der Waals surface area contributed by atoms with Crippen molar-refractivity contribution in [3.05, 3.63) is 83.4 Å². The first-order valence-corrected chi connectivity index (χ1v) is 14.5. The molecular formula is C27H29NO3Si. The van der Waals surface area contributed by atoms with Gasteiger partial charge in [-0.05, 0) is 79.0 Å². The largest absolute Gasteiger partial charge is 0.493 e. The second-order valence-electron chi connectivity index (χ2n) is 9.04. The van der Waals surface area contributed by atoms with Gasteiger partial charge in [-0.1, -0.05) is 42.5 Å². The van der Waals surface area contributed by atoms with Crippen molar-refractivity contribution >= 4 is 8.32 Å². The lowest BCUT2D eigenvalue weighted by Crippen LogP contribution is -2.27. The predicted octanol–water partition coefficient (Wildman–Crippen LogP) is 6.67. The van der Waals surface area contributed by atoms with Crippen molar-refractivity contribution in [2.24, 2.45) is 0 Å². The standard InChI is InChI=1S/C27H29NO3Si/c1-32(2,3)31-27(18-28)24-13-12-23(30-19-20-8-5-4-6-9-20)17-25(24)21-11-14-26-22(16-21)10-7-15-29-26/h4-6,8-9,11-14,16-17,27H,7,10,15,19H2,1-3H3. The molecule has 0 aliphatic carbocycles. The lowest BCUT2D eigenvalue weighted by atomic mass is 9.93. The van der Waals surface area contributed by atoms with Gasteiger partial charge in [0.1, 0.15) is 18.1 Å². The van der Waals surface area contributed by atoms with E-state index in [4.69, 9.17) is 13.9 Å². The van der Waals surface area contributed by atoms with Crippen LogP contribution in [0.15, 0.2) is 66.7 Å². The van der Waals surface area contributed by atoms with Gasteiger partial charge in [-0.3, -0.25) is 0 Å². The zero-order valence-corrected chi connectivity index (χ0v) is 19.9. The number of benzene rings is 3. The highest BCUT2D eigenvalue weighted by atomic mass is 28.4. The molecule has 32 heavy (non-hydrogen) atoms. The molecule has 0 N–H and O–H groups in total. The summed E-state index contributed by atoms with van der Waals surface area (Å²) in [4.78, 5) is 0. The Balaban J connectivity index is 1.72. The van der Waals surface area contributed by atoms with E-state index in [2.05, 4.69) is 37.8 Å². The van der Waals surface area contributed by atoms with E-state index in [-0.39, 0.29) is 0 Å². The van der Waals surface area contributed by atoms with Crippen LogP contribution in [0.25, 0.3) is 11.1 Å². The lowest BCUT2D eigenvalue weighted by molar-refractivity contribution is 0.255. The molecule has 1 aliphatic heterocycles. The van der Waals surface area contributed by atoms with Crippen LogP contribution >= 0.6 is 0 Å². The van der Waals surface area contributed by atoms with Crippen molar-refractivity contribution < 1.29 is 13.9 Å². The molecule has 1 heterocycles. The molecule has 164 valence electrons. The zero-order valence-electron chi connectivity index (χ0n) is 18.9. The highest BCUT2D eigenvalue weighted by Gasteiger charge is 2.25. The highest BCUT2D eigenvalue weighted by Crippen LogP contribution is 2.37. The summed E-state index contributed by atoms with van der Waals surface area (Å²) < 4.78 is 18.1. The summed E-state index contributed by atoms with van der Waals surface area (Å²) in [6, 6.07) is 24.7. The first-order chi connectivity index (χ1) is 15.4. The van der Waals surface area contributed by atoms with Gasteiger partial charge in [-0.2, -0.15) is 5.26 Å². The average Bonchev–Trinajstić information content (AvgIpc) is 2.81. The Labute approximate surface area is 191 Å². The van der Waals surface area contributed by atoms with Crippen molar-refractivity contribution in [3.8, 4) is 28.7 Å². The Morgan fingerprint density at radius 2 is 1.84 bits per heavy atom. The fourth-order valence-corrected chi connectivity index (χ4v) is 4.77. The summed E-state index contributed by atoms with van der Waals surface area (Å²) in [5, 5.41) is 9.92. The first kappa shape index (κ1) is 22.1. The Kier molecular flexibility index (Phi) is 6.64. The van der Waals surface area contributed by atoms with Crippen LogP contribution in [0.4, 0.5) is 0 Å². The van der Waals surface area contributed by atoms with Crippen LogP contribution in [0.2, 0.25) is 19.6 Å². The molecular weight excluding hydrogens is 414 g/mol. The average molecular weight is 444 g/mol. The minimum absolute atomic E-state index is 0.491. The van der Waals surface area contributed by atoms with Gasteiger partial charge in [0.15, 0.2) is 14.4 Å². The quantitative estimate of drug-likeness (QED) is 0.383. The maximum atomic E-state index is 9.92. The number of nitrogens with zero attached hydrogens (tertiary/aromatic N) is 1. The van der Waals surface area contributed by atoms with E-state index >= 15 is 0 Å². The molecule has 0 saturated carbocycles. The first-order valence-electron chi connectivity index (χ1n) is 11.1. The molecule has 0 spiro atoms. The topological polar surface area (TPSA) is 51.5 Å². The fourth-order valence-electron chi connectivity index (χ4n) is 3.89. The molecule has 3 aromatic rings. The number of hydrogen-bond acceptors (Lipinski definition) is 4. The summed E-state index contributed by atoms with van der Waals surface area (Å²) in [5.41, 5.74) is 5.21. The van der Waals surface area contributed by atoms with Crippen LogP contribution < -0.4 is 9.47 Å². The summed E-state index contributed by atoms with van der Waals surface area (Å²) in [6.07, 6.45) is 1.39. The number of fused-ring (bicyclic) bond motifs is 1. The van der Waals surface area contributed by atoms with Crippen LogP contribution in [0, 0.1) is 11.3 Å². The highest BCUT2D eigenvalue weighted by molar-refractivity contribution is 6.69. The zero-order chi connectivity index (χ0) is 22.6. The van der Waals surface area contributed by atoms with E-state index in [1.807, 2.05) is 54.6 Å². The maximum absolute atomic E-state index is 9.92. The van der Waals surface area contributed by atoms with Crippen LogP contribution in [0.1, 0.15) is 29.2 Å². The summed E-state index contributed by atoms with van der Waals surface area (Å²) in [7, 11) is -1.92. The van der Waals surface area contributed by atoms with Gasteiger partial charge in [0.2, 0.25) is 0 Å². The van der Waals surface area contributed by atoms with Crippen molar-refractivity contribution in [2.45, 2.75) is 45.2 Å². The molecule has 0 fully saturated rings. The molecule has 1 atom stereocenters. The van der Waals surface area contributed by atoms with Crippen LogP contribution in [-0.2, 0) is 17.5 Å². The van der Waals surface area contributed by atoms with E-state index in [0.717, 1.165) is 53.2 Å². The van der Waals surface area contributed by atoms with Crippen molar-refractivity contribution in [1.82, 2.24) is 0 Å². The predicted molar refractivity (Wildman–Crippen MR) is 129 cm³/mol. The van der Waals surface area contributed by atoms with Gasteiger partial charge in [-0.25, -0.2) is 0 Å². The van der Waals surface area contributed by atoms with Gasteiger partial charge < -0.3 is 13.9 Å². The van der Waals surface area contributed by atoms with Crippen molar-refractivity contribution in [3.63, 3.8) is 0 Å². The summed E-state index contributed by atoms with van der Waals surface area (Å²) in [6.45, 7) is 7.56. The third-order valence-corrected chi connectivity index (χ3v) is 6.31. The number of rotatable bonds is 7. The monoisotopic (exact) mass is 443 g/mol. The fraction of sp³-hybridized carbons (Fsp3) is 0.296.